The van der Waals surface area contributed by atoms with Crippen molar-refractivity contribution in [1.82, 2.24) is 0 Å². The van der Waals surface area contributed by atoms with E-state index in [1.165, 1.54) is 12.1 Å². The van der Waals surface area contributed by atoms with Gasteiger partial charge in [0.05, 0.1) is 4.90 Å². The molecule has 0 amide bonds. The molecule has 0 fully saturated rings. The highest BCUT2D eigenvalue weighted by atomic mass is 32.2. The van der Waals surface area contributed by atoms with Crippen molar-refractivity contribution in [2.45, 2.75) is 4.90 Å². The minimum absolute atomic E-state index is 0.111. The number of rotatable bonds is 1. The molecule has 6 nitrogen and oxygen atoms in total. The summed E-state index contributed by atoms with van der Waals surface area (Å²) in [4.78, 5) is -0.111. The molecule has 0 atom stereocenters. The van der Waals surface area contributed by atoms with Gasteiger partial charge in [0.2, 0.25) is 0 Å². The van der Waals surface area contributed by atoms with Gasteiger partial charge in [0.25, 0.3) is 10.1 Å². The van der Waals surface area contributed by atoms with Crippen molar-refractivity contribution in [3.05, 3.63) is 60.7 Å². The zero-order chi connectivity index (χ0) is 17.0. The Kier molecular flexibility index (Phi) is 4.73. The van der Waals surface area contributed by atoms with E-state index in [9.17, 15) is 8.42 Å². The highest BCUT2D eigenvalue weighted by molar-refractivity contribution is 7.85. The molecular weight excluding hydrogens is 314 g/mol. The predicted molar refractivity (Wildman–Crippen MR) is 93.4 cm³/mol. The Balaban J connectivity index is 0.000000203. The van der Waals surface area contributed by atoms with Gasteiger partial charge in [0.1, 0.15) is 0 Å². The molecule has 0 heterocycles. The second-order valence-corrected chi connectivity index (χ2v) is 6.33. The van der Waals surface area contributed by atoms with Crippen molar-refractivity contribution in [3.63, 3.8) is 0 Å². The Morgan fingerprint density at radius 3 is 1.61 bits per heavy atom. The van der Waals surface area contributed by atoms with Gasteiger partial charge in [-0.15, -0.1) is 0 Å². The fourth-order valence-corrected chi connectivity index (χ4v) is 2.41. The molecule has 7 N–H and O–H groups in total. The summed E-state index contributed by atoms with van der Waals surface area (Å²) in [7, 11) is -4.14. The Morgan fingerprint density at radius 2 is 1.09 bits per heavy atom. The SMILES string of the molecule is Nc1ccc(N)cc1.Nc1ccc2cc(S(=O)(=O)O)ccc2c1. The van der Waals surface area contributed by atoms with Crippen molar-refractivity contribution in [2.75, 3.05) is 17.2 Å². The molecule has 3 aromatic carbocycles. The Labute approximate surface area is 134 Å². The smallest absolute Gasteiger partial charge is 0.294 e. The van der Waals surface area contributed by atoms with E-state index in [2.05, 4.69) is 0 Å². The second-order valence-electron chi connectivity index (χ2n) is 4.91. The van der Waals surface area contributed by atoms with Gasteiger partial charge in [0.15, 0.2) is 0 Å². The average molecular weight is 331 g/mol. The molecule has 3 aromatic rings. The van der Waals surface area contributed by atoms with E-state index < -0.39 is 10.1 Å². The molecule has 0 aliphatic rings. The van der Waals surface area contributed by atoms with Crippen LogP contribution in [-0.4, -0.2) is 13.0 Å². The lowest BCUT2D eigenvalue weighted by Gasteiger charge is -2.01. The fourth-order valence-electron chi connectivity index (χ4n) is 1.90. The monoisotopic (exact) mass is 331 g/mol. The summed E-state index contributed by atoms with van der Waals surface area (Å²) in [6, 6.07) is 16.6. The molecule has 0 unspecified atom stereocenters. The highest BCUT2D eigenvalue weighted by Crippen LogP contribution is 2.21. The molecule has 0 aliphatic carbocycles. The van der Waals surface area contributed by atoms with E-state index in [4.69, 9.17) is 21.8 Å². The quantitative estimate of drug-likeness (QED) is 0.400. The summed E-state index contributed by atoms with van der Waals surface area (Å²) >= 11 is 0. The normalized spacial score (nSPS) is 10.8. The van der Waals surface area contributed by atoms with E-state index >= 15 is 0 Å². The largest absolute Gasteiger partial charge is 0.399 e. The van der Waals surface area contributed by atoms with Gasteiger partial charge in [0, 0.05) is 17.1 Å². The highest BCUT2D eigenvalue weighted by Gasteiger charge is 2.09. The third kappa shape index (κ3) is 4.60. The first-order chi connectivity index (χ1) is 10.8. The number of hydrogen-bond acceptors (Lipinski definition) is 5. The summed E-state index contributed by atoms with van der Waals surface area (Å²) in [6.07, 6.45) is 0. The van der Waals surface area contributed by atoms with Crippen LogP contribution in [0.5, 0.6) is 0 Å². The maximum Gasteiger partial charge on any atom is 0.294 e. The number of nitrogens with two attached hydrogens (primary N) is 3. The van der Waals surface area contributed by atoms with E-state index in [0.717, 1.165) is 22.1 Å². The molecule has 3 rings (SSSR count). The number of nitrogen functional groups attached to an aromatic ring is 3. The lowest BCUT2D eigenvalue weighted by atomic mass is 10.1. The Morgan fingerprint density at radius 1 is 0.652 bits per heavy atom. The molecule has 23 heavy (non-hydrogen) atoms. The van der Waals surface area contributed by atoms with E-state index in [1.807, 2.05) is 0 Å². The van der Waals surface area contributed by atoms with Crippen LogP contribution in [0.25, 0.3) is 10.8 Å². The summed E-state index contributed by atoms with van der Waals surface area (Å²) in [6.45, 7) is 0. The van der Waals surface area contributed by atoms with Crippen LogP contribution in [-0.2, 0) is 10.1 Å². The van der Waals surface area contributed by atoms with Crippen molar-refractivity contribution in [1.29, 1.82) is 0 Å². The predicted octanol–water partition coefficient (Wildman–Crippen LogP) is 2.52. The minimum atomic E-state index is -4.14. The maximum absolute atomic E-state index is 10.9. The topological polar surface area (TPSA) is 132 Å². The van der Waals surface area contributed by atoms with Gasteiger partial charge in [-0.2, -0.15) is 8.42 Å². The lowest BCUT2D eigenvalue weighted by Crippen LogP contribution is -1.97. The van der Waals surface area contributed by atoms with Gasteiger partial charge in [-0.1, -0.05) is 12.1 Å². The van der Waals surface area contributed by atoms with E-state index in [0.29, 0.717) is 5.69 Å². The van der Waals surface area contributed by atoms with Crippen molar-refractivity contribution in [2.24, 2.45) is 0 Å². The molecule has 0 spiro atoms. The van der Waals surface area contributed by atoms with Gasteiger partial charge in [-0.05, 0) is 59.3 Å². The average Bonchev–Trinajstić information content (AvgIpc) is 2.49. The van der Waals surface area contributed by atoms with Gasteiger partial charge < -0.3 is 17.2 Å². The number of anilines is 3. The summed E-state index contributed by atoms with van der Waals surface area (Å²) in [5.41, 5.74) is 18.4. The van der Waals surface area contributed by atoms with E-state index in [1.54, 1.807) is 48.5 Å². The first-order valence-corrected chi connectivity index (χ1v) is 8.07. The van der Waals surface area contributed by atoms with Crippen molar-refractivity contribution < 1.29 is 13.0 Å². The molecule has 0 bridgehead atoms. The summed E-state index contributed by atoms with van der Waals surface area (Å²) in [5.74, 6) is 0. The summed E-state index contributed by atoms with van der Waals surface area (Å²) < 4.78 is 30.6. The van der Waals surface area contributed by atoms with E-state index in [-0.39, 0.29) is 4.90 Å². The molecule has 7 heteroatoms. The standard InChI is InChI=1S/C10H9NO3S.C6H8N2/c11-9-3-1-8-6-10(15(12,13)14)4-2-7(8)5-9;7-5-1-2-6(8)4-3-5/h1-6H,11H2,(H,12,13,14);1-4H,7-8H2. The van der Waals surface area contributed by atoms with Crippen LogP contribution in [0, 0.1) is 0 Å². The maximum atomic E-state index is 10.9. The first kappa shape index (κ1) is 16.6. The molecular formula is C16H17N3O3S. The summed E-state index contributed by atoms with van der Waals surface area (Å²) in [5, 5.41) is 1.56. The van der Waals surface area contributed by atoms with Gasteiger partial charge >= 0.3 is 0 Å². The molecule has 0 saturated heterocycles. The van der Waals surface area contributed by atoms with Gasteiger partial charge in [-0.25, -0.2) is 0 Å². The van der Waals surface area contributed by atoms with Crippen LogP contribution in [0.4, 0.5) is 17.1 Å². The Bertz CT molecular complexity index is 902. The van der Waals surface area contributed by atoms with Crippen LogP contribution in [0.1, 0.15) is 0 Å². The fraction of sp³-hybridized carbons (Fsp3) is 0. The number of hydrogen-bond donors (Lipinski definition) is 4. The third-order valence-corrected chi connectivity index (χ3v) is 3.92. The molecule has 120 valence electrons. The van der Waals surface area contributed by atoms with Crippen LogP contribution in [0.3, 0.4) is 0 Å². The van der Waals surface area contributed by atoms with Crippen molar-refractivity contribution in [3.8, 4) is 0 Å². The van der Waals surface area contributed by atoms with Crippen LogP contribution < -0.4 is 17.2 Å². The molecule has 0 saturated carbocycles. The first-order valence-electron chi connectivity index (χ1n) is 6.63. The minimum Gasteiger partial charge on any atom is -0.399 e. The zero-order valence-electron chi connectivity index (χ0n) is 12.2. The van der Waals surface area contributed by atoms with Gasteiger partial charge in [-0.3, -0.25) is 4.55 Å². The number of benzene rings is 3. The Hall–Kier alpha value is -2.77. The zero-order valence-corrected chi connectivity index (χ0v) is 13.0. The van der Waals surface area contributed by atoms with Crippen LogP contribution in [0.2, 0.25) is 0 Å². The second kappa shape index (κ2) is 6.55. The van der Waals surface area contributed by atoms with Crippen molar-refractivity contribution >= 4 is 38.0 Å². The third-order valence-electron chi connectivity index (χ3n) is 3.07. The molecule has 0 radical (unpaired) electrons. The lowest BCUT2D eigenvalue weighted by molar-refractivity contribution is 0.483. The number of fused-ring (bicyclic) bond motifs is 1. The van der Waals surface area contributed by atoms with Crippen LogP contribution in [0.15, 0.2) is 65.6 Å². The van der Waals surface area contributed by atoms with Crippen LogP contribution >= 0.6 is 0 Å². The molecule has 0 aliphatic heterocycles. The molecule has 0 aromatic heterocycles.